The van der Waals surface area contributed by atoms with Crippen LogP contribution in [0, 0.1) is 5.92 Å². The summed E-state index contributed by atoms with van der Waals surface area (Å²) in [6.07, 6.45) is -0.419. The van der Waals surface area contributed by atoms with Gasteiger partial charge >= 0.3 is 0 Å². The Labute approximate surface area is 176 Å². The molecule has 0 saturated carbocycles. The van der Waals surface area contributed by atoms with Gasteiger partial charge in [0, 0.05) is 12.2 Å². The van der Waals surface area contributed by atoms with Crippen LogP contribution in [0.15, 0.2) is 54.6 Å². The van der Waals surface area contributed by atoms with Crippen LogP contribution in [0.5, 0.6) is 5.75 Å². The molecule has 3 rings (SSSR count). The summed E-state index contributed by atoms with van der Waals surface area (Å²) >= 11 is 0. The maximum atomic E-state index is 12.2. The Balaban J connectivity index is 1.61. The molecule has 2 aromatic carbocycles. The zero-order chi connectivity index (χ0) is 21.5. The van der Waals surface area contributed by atoms with E-state index in [0.29, 0.717) is 18.0 Å². The number of morpholine rings is 1. The quantitative estimate of drug-likeness (QED) is 0.696. The highest BCUT2D eigenvalue weighted by atomic mass is 16.5. The largest absolute Gasteiger partial charge is 0.484 e. The molecule has 2 N–H and O–H groups in total. The van der Waals surface area contributed by atoms with Crippen LogP contribution in [0.4, 0.5) is 5.69 Å². The first-order valence-electron chi connectivity index (χ1n) is 10.1. The van der Waals surface area contributed by atoms with Gasteiger partial charge in [-0.2, -0.15) is 0 Å². The Bertz CT molecular complexity index is 838. The van der Waals surface area contributed by atoms with Gasteiger partial charge in [0.15, 0.2) is 6.61 Å². The predicted molar refractivity (Wildman–Crippen MR) is 113 cm³/mol. The summed E-state index contributed by atoms with van der Waals surface area (Å²) in [7, 11) is 0. The SMILES string of the molecule is CC(C)CN1C(=O)CO[C@H](c2ccc(NC(=O)COc3ccccc3)cc2)[C@H]1CO. The van der Waals surface area contributed by atoms with Crippen molar-refractivity contribution in [3.63, 3.8) is 0 Å². The van der Waals surface area contributed by atoms with Gasteiger partial charge in [-0.05, 0) is 35.7 Å². The fourth-order valence-corrected chi connectivity index (χ4v) is 3.47. The molecule has 0 spiro atoms. The molecule has 160 valence electrons. The van der Waals surface area contributed by atoms with Crippen molar-refractivity contribution >= 4 is 17.5 Å². The standard InChI is InChI=1S/C23H28N2O5/c1-16(2)12-25-20(13-26)23(30-15-22(25)28)17-8-10-18(11-9-17)24-21(27)14-29-19-6-4-3-5-7-19/h3-11,16,20,23,26H,12-15H2,1-2H3,(H,24,27)/t20-,23-/m1/s1. The highest BCUT2D eigenvalue weighted by Gasteiger charge is 2.37. The second-order valence-corrected chi connectivity index (χ2v) is 7.69. The van der Waals surface area contributed by atoms with E-state index in [9.17, 15) is 14.7 Å². The van der Waals surface area contributed by atoms with Crippen molar-refractivity contribution in [3.8, 4) is 5.75 Å². The van der Waals surface area contributed by atoms with Gasteiger partial charge in [-0.3, -0.25) is 9.59 Å². The van der Waals surface area contributed by atoms with Crippen LogP contribution in [-0.4, -0.2) is 54.2 Å². The first-order chi connectivity index (χ1) is 14.5. The summed E-state index contributed by atoms with van der Waals surface area (Å²) < 4.78 is 11.2. The highest BCUT2D eigenvalue weighted by molar-refractivity contribution is 5.91. The van der Waals surface area contributed by atoms with Crippen LogP contribution in [0.1, 0.15) is 25.5 Å². The van der Waals surface area contributed by atoms with Crippen molar-refractivity contribution in [2.75, 3.05) is 31.7 Å². The fourth-order valence-electron chi connectivity index (χ4n) is 3.47. The van der Waals surface area contributed by atoms with Gasteiger partial charge in [0.2, 0.25) is 5.91 Å². The lowest BCUT2D eigenvalue weighted by molar-refractivity contribution is -0.161. The van der Waals surface area contributed by atoms with E-state index in [1.165, 1.54) is 0 Å². The Hall–Kier alpha value is -2.90. The van der Waals surface area contributed by atoms with Crippen molar-refractivity contribution in [3.05, 3.63) is 60.2 Å². The van der Waals surface area contributed by atoms with E-state index < -0.39 is 12.1 Å². The molecule has 0 unspecified atom stereocenters. The number of aliphatic hydroxyl groups excluding tert-OH is 1. The smallest absolute Gasteiger partial charge is 0.262 e. The molecule has 1 heterocycles. The van der Waals surface area contributed by atoms with E-state index >= 15 is 0 Å². The summed E-state index contributed by atoms with van der Waals surface area (Å²) in [6.45, 7) is 4.35. The number of benzene rings is 2. The molecular weight excluding hydrogens is 384 g/mol. The average molecular weight is 412 g/mol. The van der Waals surface area contributed by atoms with Gasteiger partial charge < -0.3 is 24.8 Å². The Morgan fingerprint density at radius 1 is 1.20 bits per heavy atom. The third-order valence-corrected chi connectivity index (χ3v) is 4.84. The van der Waals surface area contributed by atoms with Crippen LogP contribution in [0.2, 0.25) is 0 Å². The van der Waals surface area contributed by atoms with Gasteiger partial charge in [-0.15, -0.1) is 0 Å². The van der Waals surface area contributed by atoms with Crippen LogP contribution >= 0.6 is 0 Å². The lowest BCUT2D eigenvalue weighted by atomic mass is 9.98. The van der Waals surface area contributed by atoms with E-state index in [4.69, 9.17) is 9.47 Å². The number of rotatable bonds is 8. The van der Waals surface area contributed by atoms with Crippen LogP contribution in [-0.2, 0) is 14.3 Å². The number of hydrogen-bond donors (Lipinski definition) is 2. The van der Waals surface area contributed by atoms with Crippen molar-refractivity contribution in [1.82, 2.24) is 4.90 Å². The number of ether oxygens (including phenoxy) is 2. The summed E-state index contributed by atoms with van der Waals surface area (Å²) in [6, 6.07) is 15.9. The van der Waals surface area contributed by atoms with Crippen LogP contribution < -0.4 is 10.1 Å². The molecule has 0 radical (unpaired) electrons. The lowest BCUT2D eigenvalue weighted by Gasteiger charge is -2.41. The number of carbonyl (C=O) groups excluding carboxylic acids is 2. The van der Waals surface area contributed by atoms with E-state index in [0.717, 1.165) is 5.56 Å². The maximum absolute atomic E-state index is 12.2. The second kappa shape index (κ2) is 10.2. The first kappa shape index (κ1) is 21.8. The van der Waals surface area contributed by atoms with Gasteiger partial charge in [-0.25, -0.2) is 0 Å². The summed E-state index contributed by atoms with van der Waals surface area (Å²) in [4.78, 5) is 26.1. The summed E-state index contributed by atoms with van der Waals surface area (Å²) in [5.74, 6) is 0.550. The Morgan fingerprint density at radius 3 is 2.53 bits per heavy atom. The molecule has 1 aliphatic rings. The minimum absolute atomic E-state index is 0.0107. The minimum Gasteiger partial charge on any atom is -0.484 e. The Kier molecular flexibility index (Phi) is 7.43. The van der Waals surface area contributed by atoms with Gasteiger partial charge in [0.1, 0.15) is 18.5 Å². The number of para-hydroxylation sites is 1. The molecular formula is C23H28N2O5. The van der Waals surface area contributed by atoms with Gasteiger partial charge in [0.25, 0.3) is 5.91 Å². The van der Waals surface area contributed by atoms with Crippen molar-refractivity contribution in [1.29, 1.82) is 0 Å². The van der Waals surface area contributed by atoms with E-state index in [1.807, 2.05) is 44.2 Å². The van der Waals surface area contributed by atoms with Crippen molar-refractivity contribution in [2.45, 2.75) is 26.0 Å². The monoisotopic (exact) mass is 412 g/mol. The van der Waals surface area contributed by atoms with E-state index in [-0.39, 0.29) is 37.6 Å². The molecule has 7 nitrogen and oxygen atoms in total. The van der Waals surface area contributed by atoms with Crippen molar-refractivity contribution in [2.24, 2.45) is 5.92 Å². The molecule has 30 heavy (non-hydrogen) atoms. The first-order valence-corrected chi connectivity index (χ1v) is 10.1. The third-order valence-electron chi connectivity index (χ3n) is 4.84. The molecule has 7 heteroatoms. The number of aliphatic hydroxyl groups is 1. The van der Waals surface area contributed by atoms with Crippen molar-refractivity contribution < 1.29 is 24.2 Å². The molecule has 0 aromatic heterocycles. The number of hydrogen-bond acceptors (Lipinski definition) is 5. The lowest BCUT2D eigenvalue weighted by Crippen LogP contribution is -2.53. The molecule has 2 aromatic rings. The molecule has 1 fully saturated rings. The topological polar surface area (TPSA) is 88.1 Å². The third kappa shape index (κ3) is 5.58. The van der Waals surface area contributed by atoms with Gasteiger partial charge in [-0.1, -0.05) is 44.2 Å². The number of nitrogens with one attached hydrogen (secondary N) is 1. The predicted octanol–water partition coefficient (Wildman–Crippen LogP) is 2.62. The zero-order valence-electron chi connectivity index (χ0n) is 17.3. The highest BCUT2D eigenvalue weighted by Crippen LogP contribution is 2.30. The molecule has 0 bridgehead atoms. The minimum atomic E-state index is -0.437. The van der Waals surface area contributed by atoms with Crippen LogP contribution in [0.25, 0.3) is 0 Å². The molecule has 1 aliphatic heterocycles. The second-order valence-electron chi connectivity index (χ2n) is 7.69. The molecule has 0 aliphatic carbocycles. The summed E-state index contributed by atoms with van der Waals surface area (Å²) in [5.41, 5.74) is 1.47. The molecule has 1 saturated heterocycles. The number of nitrogens with zero attached hydrogens (tertiary/aromatic N) is 1. The van der Waals surface area contributed by atoms with Gasteiger partial charge in [0.05, 0.1) is 12.6 Å². The number of amides is 2. The van der Waals surface area contributed by atoms with Crippen LogP contribution in [0.3, 0.4) is 0 Å². The average Bonchev–Trinajstić information content (AvgIpc) is 2.75. The molecule has 2 amide bonds. The Morgan fingerprint density at radius 2 is 1.90 bits per heavy atom. The van der Waals surface area contributed by atoms with E-state index in [2.05, 4.69) is 5.32 Å². The maximum Gasteiger partial charge on any atom is 0.262 e. The summed E-state index contributed by atoms with van der Waals surface area (Å²) in [5, 5.41) is 12.7. The zero-order valence-corrected chi connectivity index (χ0v) is 17.3. The van der Waals surface area contributed by atoms with E-state index in [1.54, 1.807) is 29.2 Å². The number of anilines is 1. The fraction of sp³-hybridized carbons (Fsp3) is 0.391. The number of carbonyl (C=O) groups is 2. The molecule has 2 atom stereocenters. The normalized spacial score (nSPS) is 19.1.